The molecule has 1 aliphatic rings. The Bertz CT molecular complexity index is 464. The number of amides is 1. The average Bonchev–Trinajstić information content (AvgIpc) is 2.44. The van der Waals surface area contributed by atoms with Gasteiger partial charge in [0.15, 0.2) is 0 Å². The Balaban J connectivity index is 2.24. The highest BCUT2D eigenvalue weighted by Gasteiger charge is 2.30. The first-order valence-electron chi connectivity index (χ1n) is 7.67. The minimum absolute atomic E-state index is 0.184. The molecule has 0 bridgehead atoms. The van der Waals surface area contributed by atoms with Crippen LogP contribution in [-0.2, 0) is 0 Å². The van der Waals surface area contributed by atoms with E-state index in [1.165, 1.54) is 0 Å². The second kappa shape index (κ2) is 6.40. The van der Waals surface area contributed by atoms with Gasteiger partial charge in [-0.2, -0.15) is 0 Å². The number of carbonyl (C=O) groups is 1. The lowest BCUT2D eigenvalue weighted by Crippen LogP contribution is -2.57. The van der Waals surface area contributed by atoms with Gasteiger partial charge in [-0.3, -0.25) is 4.79 Å². The Kier molecular flexibility index (Phi) is 4.81. The first-order chi connectivity index (χ1) is 9.55. The van der Waals surface area contributed by atoms with E-state index in [0.29, 0.717) is 12.1 Å². The van der Waals surface area contributed by atoms with Crippen molar-refractivity contribution in [3.63, 3.8) is 0 Å². The molecule has 1 fully saturated rings. The van der Waals surface area contributed by atoms with Gasteiger partial charge in [-0.25, -0.2) is 0 Å². The normalized spacial score (nSPS) is 22.9. The fraction of sp³-hybridized carbons (Fsp3) is 0.588. The van der Waals surface area contributed by atoms with Gasteiger partial charge in [0.1, 0.15) is 0 Å². The van der Waals surface area contributed by atoms with Crippen molar-refractivity contribution in [2.75, 3.05) is 13.1 Å². The van der Waals surface area contributed by atoms with Crippen molar-refractivity contribution >= 4 is 5.91 Å². The minimum Gasteiger partial charge on any atom is -0.333 e. The van der Waals surface area contributed by atoms with Crippen molar-refractivity contribution in [3.8, 4) is 0 Å². The van der Waals surface area contributed by atoms with Crippen LogP contribution in [0.5, 0.6) is 0 Å². The van der Waals surface area contributed by atoms with E-state index < -0.39 is 0 Å². The van der Waals surface area contributed by atoms with Gasteiger partial charge in [0, 0.05) is 30.7 Å². The molecule has 1 saturated heterocycles. The summed E-state index contributed by atoms with van der Waals surface area (Å²) in [5.74, 6) is 0.184. The van der Waals surface area contributed by atoms with E-state index in [1.807, 2.05) is 26.0 Å². The summed E-state index contributed by atoms with van der Waals surface area (Å²) >= 11 is 0. The molecular formula is C17H26N2O. The summed E-state index contributed by atoms with van der Waals surface area (Å²) in [6.07, 6.45) is 2.06. The Morgan fingerprint density at radius 2 is 1.85 bits per heavy atom. The summed E-state index contributed by atoms with van der Waals surface area (Å²) in [6.45, 7) is 10.2. The molecule has 110 valence electrons. The predicted octanol–water partition coefficient (Wildman–Crippen LogP) is 2.91. The molecule has 1 N–H and O–H groups in total. The van der Waals surface area contributed by atoms with E-state index >= 15 is 0 Å². The maximum atomic E-state index is 12.8. The first-order valence-corrected chi connectivity index (χ1v) is 7.67. The Morgan fingerprint density at radius 1 is 1.20 bits per heavy atom. The average molecular weight is 274 g/mol. The molecule has 0 aliphatic carbocycles. The molecule has 1 aromatic carbocycles. The van der Waals surface area contributed by atoms with Crippen LogP contribution in [0, 0.1) is 13.8 Å². The molecule has 1 aliphatic heterocycles. The third kappa shape index (κ3) is 3.21. The largest absolute Gasteiger partial charge is 0.333 e. The summed E-state index contributed by atoms with van der Waals surface area (Å²) in [5, 5.41) is 3.53. The highest BCUT2D eigenvalue weighted by molar-refractivity contribution is 5.95. The quantitative estimate of drug-likeness (QED) is 0.919. The van der Waals surface area contributed by atoms with Gasteiger partial charge in [0.25, 0.3) is 5.91 Å². The van der Waals surface area contributed by atoms with Gasteiger partial charge in [-0.15, -0.1) is 0 Å². The molecule has 3 nitrogen and oxygen atoms in total. The highest BCUT2D eigenvalue weighted by atomic mass is 16.2. The zero-order valence-corrected chi connectivity index (χ0v) is 13.1. The van der Waals surface area contributed by atoms with E-state index in [0.717, 1.165) is 42.6 Å². The first kappa shape index (κ1) is 15.0. The minimum atomic E-state index is 0.184. The SMILES string of the molecule is CCC1CN(C(=O)c2cc(C)cc(C)c2)C(CC)CN1. The van der Waals surface area contributed by atoms with E-state index in [4.69, 9.17) is 0 Å². The zero-order valence-electron chi connectivity index (χ0n) is 13.1. The van der Waals surface area contributed by atoms with Gasteiger partial charge >= 0.3 is 0 Å². The molecule has 2 unspecified atom stereocenters. The lowest BCUT2D eigenvalue weighted by molar-refractivity contribution is 0.0575. The molecule has 2 rings (SSSR count). The van der Waals surface area contributed by atoms with Crippen molar-refractivity contribution in [1.82, 2.24) is 10.2 Å². The van der Waals surface area contributed by atoms with Crippen molar-refractivity contribution in [3.05, 3.63) is 34.9 Å². The molecule has 0 radical (unpaired) electrons. The smallest absolute Gasteiger partial charge is 0.254 e. The van der Waals surface area contributed by atoms with Crippen LogP contribution < -0.4 is 5.32 Å². The van der Waals surface area contributed by atoms with Crippen LogP contribution in [0.15, 0.2) is 18.2 Å². The number of hydrogen-bond acceptors (Lipinski definition) is 2. The predicted molar refractivity (Wildman–Crippen MR) is 83.1 cm³/mol. The van der Waals surface area contributed by atoms with Gasteiger partial charge in [0.2, 0.25) is 0 Å². The van der Waals surface area contributed by atoms with Crippen molar-refractivity contribution < 1.29 is 4.79 Å². The fourth-order valence-electron chi connectivity index (χ4n) is 3.01. The van der Waals surface area contributed by atoms with Gasteiger partial charge in [0.05, 0.1) is 0 Å². The molecule has 0 aromatic heterocycles. The summed E-state index contributed by atoms with van der Waals surface area (Å²) in [7, 11) is 0. The monoisotopic (exact) mass is 274 g/mol. The highest BCUT2D eigenvalue weighted by Crippen LogP contribution is 2.18. The lowest BCUT2D eigenvalue weighted by Gasteiger charge is -2.40. The molecule has 0 spiro atoms. The standard InChI is InChI=1S/C17H26N2O/c1-5-15-11-19(16(6-2)10-18-15)17(20)14-8-12(3)7-13(4)9-14/h7-9,15-16,18H,5-6,10-11H2,1-4H3. The second-order valence-electron chi connectivity index (χ2n) is 5.91. The van der Waals surface area contributed by atoms with Gasteiger partial charge in [-0.1, -0.05) is 31.0 Å². The molecule has 20 heavy (non-hydrogen) atoms. The summed E-state index contributed by atoms with van der Waals surface area (Å²) < 4.78 is 0. The fourth-order valence-corrected chi connectivity index (χ4v) is 3.01. The van der Waals surface area contributed by atoms with E-state index in [1.54, 1.807) is 0 Å². The van der Waals surface area contributed by atoms with Crippen LogP contribution in [0.1, 0.15) is 48.2 Å². The number of rotatable bonds is 3. The van der Waals surface area contributed by atoms with Crippen LogP contribution in [0.25, 0.3) is 0 Å². The van der Waals surface area contributed by atoms with E-state index in [9.17, 15) is 4.79 Å². The second-order valence-corrected chi connectivity index (χ2v) is 5.91. The van der Waals surface area contributed by atoms with Crippen molar-refractivity contribution in [2.45, 2.75) is 52.6 Å². The molecule has 1 amide bonds. The number of aryl methyl sites for hydroxylation is 2. The number of hydrogen-bond donors (Lipinski definition) is 1. The maximum absolute atomic E-state index is 12.8. The van der Waals surface area contributed by atoms with Crippen molar-refractivity contribution in [1.29, 1.82) is 0 Å². The van der Waals surface area contributed by atoms with Crippen LogP contribution in [0.2, 0.25) is 0 Å². The number of benzene rings is 1. The molecule has 1 aromatic rings. The summed E-state index contributed by atoms with van der Waals surface area (Å²) in [5.41, 5.74) is 3.14. The van der Waals surface area contributed by atoms with E-state index in [2.05, 4.69) is 30.1 Å². The van der Waals surface area contributed by atoms with Gasteiger partial charge < -0.3 is 10.2 Å². The van der Waals surface area contributed by atoms with Crippen molar-refractivity contribution in [2.24, 2.45) is 0 Å². The topological polar surface area (TPSA) is 32.3 Å². The molecule has 1 heterocycles. The Hall–Kier alpha value is -1.35. The maximum Gasteiger partial charge on any atom is 0.254 e. The summed E-state index contributed by atoms with van der Waals surface area (Å²) in [4.78, 5) is 14.9. The number of carbonyl (C=O) groups excluding carboxylic acids is 1. The summed E-state index contributed by atoms with van der Waals surface area (Å²) in [6, 6.07) is 6.86. The lowest BCUT2D eigenvalue weighted by atomic mass is 10.0. The molecule has 2 atom stereocenters. The third-order valence-electron chi connectivity index (χ3n) is 4.19. The van der Waals surface area contributed by atoms with Crippen LogP contribution in [0.3, 0.4) is 0 Å². The zero-order chi connectivity index (χ0) is 14.7. The third-order valence-corrected chi connectivity index (χ3v) is 4.19. The number of nitrogens with one attached hydrogen (secondary N) is 1. The Morgan fingerprint density at radius 3 is 2.40 bits per heavy atom. The number of piperazine rings is 1. The van der Waals surface area contributed by atoms with E-state index in [-0.39, 0.29) is 5.91 Å². The van der Waals surface area contributed by atoms with Gasteiger partial charge in [-0.05, 0) is 38.8 Å². The van der Waals surface area contributed by atoms with Crippen LogP contribution in [-0.4, -0.2) is 36.0 Å². The number of nitrogens with zero attached hydrogens (tertiary/aromatic N) is 1. The molecular weight excluding hydrogens is 248 g/mol. The molecule has 0 saturated carbocycles. The molecule has 3 heteroatoms. The Labute approximate surface area is 122 Å². The van der Waals surface area contributed by atoms with Crippen LogP contribution in [0.4, 0.5) is 0 Å². The van der Waals surface area contributed by atoms with Crippen LogP contribution >= 0.6 is 0 Å².